The monoisotopic (exact) mass is 619 g/mol. The Kier molecular flexibility index (Phi) is 9.55. The van der Waals surface area contributed by atoms with Crippen LogP contribution in [-0.4, -0.2) is 44.1 Å². The minimum atomic E-state index is -4.98. The topological polar surface area (TPSA) is 53.6 Å². The first-order valence-corrected chi connectivity index (χ1v) is 14.7. The van der Waals surface area contributed by atoms with Gasteiger partial charge in [-0.2, -0.15) is 26.3 Å². The van der Waals surface area contributed by atoms with Gasteiger partial charge in [-0.25, -0.2) is 0 Å². The van der Waals surface area contributed by atoms with Crippen molar-refractivity contribution in [1.29, 1.82) is 0 Å². The van der Waals surface area contributed by atoms with Crippen molar-refractivity contribution in [3.05, 3.63) is 100 Å². The molecule has 3 aromatic carbocycles. The summed E-state index contributed by atoms with van der Waals surface area (Å²) in [5.41, 5.74) is 0.304. The lowest BCUT2D eigenvalue weighted by Gasteiger charge is -2.42. The van der Waals surface area contributed by atoms with Crippen molar-refractivity contribution in [3.63, 3.8) is 0 Å². The van der Waals surface area contributed by atoms with Crippen LogP contribution < -0.4 is 15.4 Å². The number of piperidine rings is 1. The Morgan fingerprint density at radius 3 is 2.25 bits per heavy atom. The molecule has 0 bridgehead atoms. The second kappa shape index (κ2) is 13.2. The van der Waals surface area contributed by atoms with Gasteiger partial charge in [0, 0.05) is 18.2 Å². The lowest BCUT2D eigenvalue weighted by atomic mass is 9.81. The predicted octanol–water partition coefficient (Wildman–Crippen LogP) is 6.73. The summed E-state index contributed by atoms with van der Waals surface area (Å²) in [5.74, 6) is 0.379. The zero-order valence-corrected chi connectivity index (χ0v) is 24.3. The van der Waals surface area contributed by atoms with E-state index in [-0.39, 0.29) is 30.3 Å². The van der Waals surface area contributed by atoms with Crippen LogP contribution in [0.25, 0.3) is 0 Å². The molecule has 3 aromatic rings. The third-order valence-corrected chi connectivity index (χ3v) is 8.64. The number of carbonyl (C=O) groups excluding carboxylic acids is 1. The molecule has 44 heavy (non-hydrogen) atoms. The van der Waals surface area contributed by atoms with Crippen LogP contribution in [0.2, 0.25) is 0 Å². The molecule has 236 valence electrons. The van der Waals surface area contributed by atoms with Gasteiger partial charge in [-0.3, -0.25) is 9.69 Å². The van der Waals surface area contributed by atoms with E-state index in [0.717, 1.165) is 44.5 Å². The van der Waals surface area contributed by atoms with E-state index in [4.69, 9.17) is 4.74 Å². The second-order valence-electron chi connectivity index (χ2n) is 11.4. The van der Waals surface area contributed by atoms with Crippen molar-refractivity contribution in [1.82, 2.24) is 15.5 Å². The highest BCUT2D eigenvalue weighted by Gasteiger charge is 2.37. The molecule has 2 atom stereocenters. The van der Waals surface area contributed by atoms with Crippen molar-refractivity contribution in [2.45, 2.75) is 50.1 Å². The molecule has 2 N–H and O–H groups in total. The smallest absolute Gasteiger partial charge is 0.416 e. The summed E-state index contributed by atoms with van der Waals surface area (Å²) in [7, 11) is 1.55. The summed E-state index contributed by atoms with van der Waals surface area (Å²) in [5, 5.41) is 6.46. The standard InChI is InChI=1S/C33H35F6N3O2/c1-44-29-9-5-4-8-27(29)28(42-14-11-23(12-15-42)31-26-7-3-2-6-22(26)10-13-40-31)20-41-30(43)18-21-16-24(32(34,35)36)19-25(17-21)33(37,38)39/h2-9,16-17,19,23,28,31,40H,10-15,18,20H2,1H3,(H,41,43). The van der Waals surface area contributed by atoms with Crippen molar-refractivity contribution in [2.75, 3.05) is 33.3 Å². The van der Waals surface area contributed by atoms with Crippen molar-refractivity contribution in [3.8, 4) is 5.75 Å². The Morgan fingerprint density at radius 2 is 1.59 bits per heavy atom. The predicted molar refractivity (Wildman–Crippen MR) is 154 cm³/mol. The Labute approximate surface area is 252 Å². The van der Waals surface area contributed by atoms with Crippen LogP contribution in [0.3, 0.4) is 0 Å². The van der Waals surface area contributed by atoms with Crippen molar-refractivity contribution in [2.24, 2.45) is 5.92 Å². The Balaban J connectivity index is 1.30. The average molecular weight is 620 g/mol. The van der Waals surface area contributed by atoms with Crippen molar-refractivity contribution >= 4 is 5.91 Å². The SMILES string of the molecule is COc1ccccc1C(CNC(=O)Cc1cc(C(F)(F)F)cc(C(F)(F)F)c1)N1CCC(C2NCCc3ccccc32)CC1. The fourth-order valence-electron chi connectivity index (χ4n) is 6.48. The average Bonchev–Trinajstić information content (AvgIpc) is 3.00. The molecule has 2 aliphatic heterocycles. The molecule has 0 saturated carbocycles. The number of ether oxygens (including phenoxy) is 1. The summed E-state index contributed by atoms with van der Waals surface area (Å²) in [6.45, 7) is 2.52. The molecule has 0 radical (unpaired) electrons. The lowest BCUT2D eigenvalue weighted by molar-refractivity contribution is -0.143. The number of para-hydroxylation sites is 1. The van der Waals surface area contributed by atoms with Crippen LogP contribution in [0.1, 0.15) is 58.3 Å². The number of hydrogen-bond acceptors (Lipinski definition) is 4. The van der Waals surface area contributed by atoms with E-state index in [9.17, 15) is 31.1 Å². The molecule has 5 rings (SSSR count). The number of carbonyl (C=O) groups is 1. The zero-order chi connectivity index (χ0) is 31.5. The Hall–Kier alpha value is -3.57. The number of amides is 1. The third-order valence-electron chi connectivity index (χ3n) is 8.64. The highest BCUT2D eigenvalue weighted by Crippen LogP contribution is 2.39. The van der Waals surface area contributed by atoms with Gasteiger partial charge in [0.15, 0.2) is 0 Å². The number of rotatable bonds is 8. The number of alkyl halides is 6. The molecule has 0 spiro atoms. The molecule has 0 aromatic heterocycles. The minimum absolute atomic E-state index is 0.0597. The number of nitrogens with zero attached hydrogens (tertiary/aromatic N) is 1. The highest BCUT2D eigenvalue weighted by molar-refractivity contribution is 5.78. The molecule has 2 heterocycles. The number of halogens is 6. The lowest BCUT2D eigenvalue weighted by Crippen LogP contribution is -2.45. The number of benzene rings is 3. The first-order valence-electron chi connectivity index (χ1n) is 14.7. The Bertz CT molecular complexity index is 1420. The maximum atomic E-state index is 13.3. The molecule has 0 aliphatic carbocycles. The van der Waals surface area contributed by atoms with Gasteiger partial charge in [0.2, 0.25) is 5.91 Å². The normalized spacial score (nSPS) is 18.8. The van der Waals surface area contributed by atoms with Gasteiger partial charge in [0.25, 0.3) is 0 Å². The van der Waals surface area contributed by atoms with Gasteiger partial charge in [-0.1, -0.05) is 42.5 Å². The van der Waals surface area contributed by atoms with E-state index in [1.807, 2.05) is 24.3 Å². The summed E-state index contributed by atoms with van der Waals surface area (Å²) in [4.78, 5) is 15.2. The number of nitrogens with one attached hydrogen (secondary N) is 2. The van der Waals surface area contributed by atoms with Gasteiger partial charge in [0.1, 0.15) is 5.75 Å². The molecule has 1 saturated heterocycles. The molecule has 5 nitrogen and oxygen atoms in total. The molecule has 11 heteroatoms. The molecule has 1 fully saturated rings. The first-order chi connectivity index (χ1) is 20.9. The van der Waals surface area contributed by atoms with Gasteiger partial charge in [-0.05, 0) is 85.8 Å². The van der Waals surface area contributed by atoms with Gasteiger partial charge < -0.3 is 15.4 Å². The van der Waals surface area contributed by atoms with Crippen LogP contribution in [0.5, 0.6) is 5.75 Å². The molecular formula is C33H35F6N3O2. The zero-order valence-electron chi connectivity index (χ0n) is 24.3. The van der Waals surface area contributed by atoms with Crippen LogP contribution in [-0.2, 0) is 30.0 Å². The maximum absolute atomic E-state index is 13.3. The number of methoxy groups -OCH3 is 1. The first kappa shape index (κ1) is 31.8. The molecule has 2 unspecified atom stereocenters. The van der Waals surface area contributed by atoms with E-state index in [1.165, 1.54) is 11.1 Å². The summed E-state index contributed by atoms with van der Waals surface area (Å²) in [6.07, 6.45) is -7.77. The van der Waals surface area contributed by atoms with Gasteiger partial charge in [-0.15, -0.1) is 0 Å². The van der Waals surface area contributed by atoms with E-state index >= 15 is 0 Å². The van der Waals surface area contributed by atoms with Crippen LogP contribution in [0, 0.1) is 5.92 Å². The summed E-state index contributed by atoms with van der Waals surface area (Å²) in [6, 6.07) is 17.1. The molecular weight excluding hydrogens is 584 g/mol. The van der Waals surface area contributed by atoms with E-state index in [1.54, 1.807) is 7.11 Å². The highest BCUT2D eigenvalue weighted by atomic mass is 19.4. The summed E-state index contributed by atoms with van der Waals surface area (Å²) < 4.78 is 85.5. The number of fused-ring (bicyclic) bond motifs is 1. The Morgan fingerprint density at radius 1 is 0.955 bits per heavy atom. The van der Waals surface area contributed by atoms with Crippen LogP contribution in [0.4, 0.5) is 26.3 Å². The van der Waals surface area contributed by atoms with E-state index in [0.29, 0.717) is 23.8 Å². The van der Waals surface area contributed by atoms with Crippen molar-refractivity contribution < 1.29 is 35.9 Å². The summed E-state index contributed by atoms with van der Waals surface area (Å²) >= 11 is 0. The van der Waals surface area contributed by atoms with E-state index in [2.05, 4.69) is 39.8 Å². The van der Waals surface area contributed by atoms with E-state index < -0.39 is 35.8 Å². The second-order valence-corrected chi connectivity index (χ2v) is 11.4. The van der Waals surface area contributed by atoms with Gasteiger partial charge in [0.05, 0.1) is 30.7 Å². The maximum Gasteiger partial charge on any atom is 0.416 e. The van der Waals surface area contributed by atoms with Gasteiger partial charge >= 0.3 is 12.4 Å². The quantitative estimate of drug-likeness (QED) is 0.275. The fourth-order valence-corrected chi connectivity index (χ4v) is 6.48. The fraction of sp³-hybridized carbons (Fsp3) is 0.424. The van der Waals surface area contributed by atoms with Crippen LogP contribution >= 0.6 is 0 Å². The number of hydrogen-bond donors (Lipinski definition) is 2. The van der Waals surface area contributed by atoms with Crippen LogP contribution in [0.15, 0.2) is 66.7 Å². The largest absolute Gasteiger partial charge is 0.496 e. The molecule has 2 aliphatic rings. The third kappa shape index (κ3) is 7.38. The molecule has 1 amide bonds. The minimum Gasteiger partial charge on any atom is -0.496 e. The number of likely N-dealkylation sites (tertiary alicyclic amines) is 1.